The molecule has 0 amide bonds. The van der Waals surface area contributed by atoms with E-state index in [9.17, 15) is 8.78 Å². The van der Waals surface area contributed by atoms with Gasteiger partial charge < -0.3 is 5.73 Å². The minimum Gasteiger partial charge on any atom is -0.327 e. The highest BCUT2D eigenvalue weighted by molar-refractivity contribution is 5.18. The van der Waals surface area contributed by atoms with Gasteiger partial charge in [-0.1, -0.05) is 13.8 Å². The van der Waals surface area contributed by atoms with Crippen molar-refractivity contribution in [1.29, 1.82) is 0 Å². The highest BCUT2D eigenvalue weighted by atomic mass is 19.1. The molecule has 1 rings (SSSR count). The van der Waals surface area contributed by atoms with Crippen LogP contribution in [0, 0.1) is 17.6 Å². The van der Waals surface area contributed by atoms with Crippen LogP contribution in [-0.4, -0.2) is 6.04 Å². The highest BCUT2D eigenvalue weighted by Crippen LogP contribution is 2.14. The summed E-state index contributed by atoms with van der Waals surface area (Å²) in [6.07, 6.45) is 2.18. The van der Waals surface area contributed by atoms with E-state index in [0.29, 0.717) is 17.9 Å². The van der Waals surface area contributed by atoms with Gasteiger partial charge in [0, 0.05) is 6.04 Å². The number of rotatable bonds is 5. The third-order valence-corrected chi connectivity index (χ3v) is 2.85. The topological polar surface area (TPSA) is 26.0 Å². The Bertz CT molecular complexity index is 337. The Balaban J connectivity index is 2.45. The third-order valence-electron chi connectivity index (χ3n) is 2.85. The molecule has 0 heterocycles. The predicted octanol–water partition coefficient (Wildman–Crippen LogP) is 3.27. The van der Waals surface area contributed by atoms with Gasteiger partial charge in [-0.3, -0.25) is 0 Å². The maximum absolute atomic E-state index is 13.3. The zero-order chi connectivity index (χ0) is 12.1. The average Bonchev–Trinajstić information content (AvgIpc) is 2.22. The molecule has 0 aliphatic carbocycles. The first-order chi connectivity index (χ1) is 7.50. The Labute approximate surface area is 95.7 Å². The Morgan fingerprint density at radius 2 is 1.94 bits per heavy atom. The van der Waals surface area contributed by atoms with E-state index in [-0.39, 0.29) is 17.7 Å². The molecular weight excluding hydrogens is 208 g/mol. The molecule has 0 fully saturated rings. The Hall–Kier alpha value is -0.960. The molecule has 3 heteroatoms. The van der Waals surface area contributed by atoms with E-state index in [1.165, 1.54) is 12.1 Å². The van der Waals surface area contributed by atoms with Crippen molar-refractivity contribution in [3.05, 3.63) is 35.4 Å². The fraction of sp³-hybridized carbons (Fsp3) is 0.538. The first kappa shape index (κ1) is 13.1. The molecule has 1 unspecified atom stereocenters. The fourth-order valence-corrected chi connectivity index (χ4v) is 1.60. The summed E-state index contributed by atoms with van der Waals surface area (Å²) in [7, 11) is 0. The molecule has 0 aromatic heterocycles. The predicted molar refractivity (Wildman–Crippen MR) is 62.1 cm³/mol. The number of aryl methyl sites for hydroxylation is 1. The van der Waals surface area contributed by atoms with Crippen molar-refractivity contribution in [2.45, 2.75) is 39.2 Å². The molecule has 0 aliphatic heterocycles. The lowest BCUT2D eigenvalue weighted by Gasteiger charge is -2.15. The van der Waals surface area contributed by atoms with Gasteiger partial charge in [0.25, 0.3) is 0 Å². The summed E-state index contributed by atoms with van der Waals surface area (Å²) < 4.78 is 26.1. The van der Waals surface area contributed by atoms with Crippen molar-refractivity contribution in [2.24, 2.45) is 11.7 Å². The summed E-state index contributed by atoms with van der Waals surface area (Å²) in [4.78, 5) is 0. The van der Waals surface area contributed by atoms with Gasteiger partial charge in [0.05, 0.1) is 0 Å². The number of hydrogen-bond donors (Lipinski definition) is 1. The quantitative estimate of drug-likeness (QED) is 0.820. The molecule has 2 N–H and O–H groups in total. The SMILES string of the molecule is CC(C)C(N)CCCc1cc(F)ccc1F. The second kappa shape index (κ2) is 5.94. The average molecular weight is 227 g/mol. The van der Waals surface area contributed by atoms with Crippen LogP contribution in [0.1, 0.15) is 32.3 Å². The van der Waals surface area contributed by atoms with Gasteiger partial charge in [0.15, 0.2) is 0 Å². The molecule has 16 heavy (non-hydrogen) atoms. The molecule has 0 radical (unpaired) electrons. The molecule has 0 saturated carbocycles. The lowest BCUT2D eigenvalue weighted by Crippen LogP contribution is -2.26. The first-order valence-corrected chi connectivity index (χ1v) is 5.70. The second-order valence-electron chi connectivity index (χ2n) is 4.54. The molecule has 1 aromatic carbocycles. The van der Waals surface area contributed by atoms with Gasteiger partial charge >= 0.3 is 0 Å². The van der Waals surface area contributed by atoms with Gasteiger partial charge in [0.2, 0.25) is 0 Å². The Kier molecular flexibility index (Phi) is 4.87. The van der Waals surface area contributed by atoms with Gasteiger partial charge in [-0.25, -0.2) is 8.78 Å². The lowest BCUT2D eigenvalue weighted by molar-refractivity contribution is 0.450. The number of nitrogens with two attached hydrogens (primary N) is 1. The largest absolute Gasteiger partial charge is 0.327 e. The minimum atomic E-state index is -0.385. The van der Waals surface area contributed by atoms with E-state index < -0.39 is 0 Å². The van der Waals surface area contributed by atoms with E-state index in [4.69, 9.17) is 5.73 Å². The summed E-state index contributed by atoms with van der Waals surface area (Å²) in [5.74, 6) is -0.290. The maximum Gasteiger partial charge on any atom is 0.126 e. The van der Waals surface area contributed by atoms with E-state index >= 15 is 0 Å². The number of halogens is 2. The van der Waals surface area contributed by atoms with Crippen LogP contribution in [0.25, 0.3) is 0 Å². The van der Waals surface area contributed by atoms with Crippen LogP contribution in [0.15, 0.2) is 18.2 Å². The van der Waals surface area contributed by atoms with E-state index in [1.54, 1.807) is 0 Å². The van der Waals surface area contributed by atoms with Gasteiger partial charge in [0.1, 0.15) is 11.6 Å². The molecule has 0 spiro atoms. The van der Waals surface area contributed by atoms with Crippen molar-refractivity contribution in [2.75, 3.05) is 0 Å². The van der Waals surface area contributed by atoms with Gasteiger partial charge in [-0.15, -0.1) is 0 Å². The zero-order valence-electron chi connectivity index (χ0n) is 9.84. The molecule has 0 bridgehead atoms. The fourth-order valence-electron chi connectivity index (χ4n) is 1.60. The van der Waals surface area contributed by atoms with Crippen LogP contribution >= 0.6 is 0 Å². The van der Waals surface area contributed by atoms with E-state index in [1.807, 2.05) is 0 Å². The molecule has 1 aromatic rings. The molecule has 1 atom stereocenters. The normalized spacial score (nSPS) is 13.1. The summed E-state index contributed by atoms with van der Waals surface area (Å²) in [5.41, 5.74) is 6.32. The van der Waals surface area contributed by atoms with Crippen molar-refractivity contribution < 1.29 is 8.78 Å². The van der Waals surface area contributed by atoms with Crippen LogP contribution in [0.3, 0.4) is 0 Å². The van der Waals surface area contributed by atoms with E-state index in [0.717, 1.165) is 18.9 Å². The molecule has 1 nitrogen and oxygen atoms in total. The summed E-state index contributed by atoms with van der Waals surface area (Å²) >= 11 is 0. The summed E-state index contributed by atoms with van der Waals surface area (Å²) in [6.45, 7) is 4.13. The zero-order valence-corrected chi connectivity index (χ0v) is 9.84. The van der Waals surface area contributed by atoms with Crippen molar-refractivity contribution in [3.8, 4) is 0 Å². The van der Waals surface area contributed by atoms with Crippen LogP contribution in [0.4, 0.5) is 8.78 Å². The van der Waals surface area contributed by atoms with Crippen LogP contribution in [0.2, 0.25) is 0 Å². The first-order valence-electron chi connectivity index (χ1n) is 5.70. The smallest absolute Gasteiger partial charge is 0.126 e. The van der Waals surface area contributed by atoms with Crippen molar-refractivity contribution in [3.63, 3.8) is 0 Å². The highest BCUT2D eigenvalue weighted by Gasteiger charge is 2.08. The Morgan fingerprint density at radius 3 is 2.56 bits per heavy atom. The summed E-state index contributed by atoms with van der Waals surface area (Å²) in [5, 5.41) is 0. The molecule has 0 aliphatic rings. The maximum atomic E-state index is 13.3. The number of hydrogen-bond acceptors (Lipinski definition) is 1. The Morgan fingerprint density at radius 1 is 1.25 bits per heavy atom. The molecular formula is C13H19F2N. The van der Waals surface area contributed by atoms with Gasteiger partial charge in [-0.2, -0.15) is 0 Å². The monoisotopic (exact) mass is 227 g/mol. The molecule has 0 saturated heterocycles. The van der Waals surface area contributed by atoms with Crippen molar-refractivity contribution in [1.82, 2.24) is 0 Å². The summed E-state index contributed by atoms with van der Waals surface area (Å²) in [6, 6.07) is 3.71. The lowest BCUT2D eigenvalue weighted by atomic mass is 9.97. The standard InChI is InChI=1S/C13H19F2N/c1-9(2)13(16)5-3-4-10-8-11(14)6-7-12(10)15/h6-9,13H,3-5,16H2,1-2H3. The minimum absolute atomic E-state index is 0.136. The van der Waals surface area contributed by atoms with E-state index in [2.05, 4.69) is 13.8 Å². The van der Waals surface area contributed by atoms with Crippen LogP contribution in [0.5, 0.6) is 0 Å². The third kappa shape index (κ3) is 3.89. The van der Waals surface area contributed by atoms with Crippen LogP contribution in [-0.2, 0) is 6.42 Å². The second-order valence-corrected chi connectivity index (χ2v) is 4.54. The number of benzene rings is 1. The molecule has 90 valence electrons. The van der Waals surface area contributed by atoms with Crippen molar-refractivity contribution >= 4 is 0 Å². The van der Waals surface area contributed by atoms with Crippen LogP contribution < -0.4 is 5.73 Å². The van der Waals surface area contributed by atoms with Gasteiger partial charge in [-0.05, 0) is 48.9 Å².